The van der Waals surface area contributed by atoms with Crippen molar-refractivity contribution in [2.24, 2.45) is 0 Å². The summed E-state index contributed by atoms with van der Waals surface area (Å²) in [7, 11) is 0. The van der Waals surface area contributed by atoms with Gasteiger partial charge < -0.3 is 5.11 Å². The molecule has 0 amide bonds. The smallest absolute Gasteiger partial charge is 0.109 e. The van der Waals surface area contributed by atoms with Crippen molar-refractivity contribution in [2.75, 3.05) is 0 Å². The molecule has 0 saturated carbocycles. The highest BCUT2D eigenvalue weighted by Gasteiger charge is 2.09. The lowest BCUT2D eigenvalue weighted by Crippen LogP contribution is -1.93. The molecule has 0 aliphatic rings. The van der Waals surface area contributed by atoms with E-state index in [1.807, 2.05) is 18.4 Å². The first-order valence-corrected chi connectivity index (χ1v) is 4.86. The van der Waals surface area contributed by atoms with E-state index < -0.39 is 6.10 Å². The maximum Gasteiger partial charge on any atom is 0.109 e. The molecule has 60 valence electrons. The number of thiophene rings is 1. The maximum atomic E-state index is 9.50. The van der Waals surface area contributed by atoms with Crippen molar-refractivity contribution in [1.29, 1.82) is 0 Å². The van der Waals surface area contributed by atoms with Crippen LogP contribution in [0.4, 0.5) is 0 Å². The van der Waals surface area contributed by atoms with Gasteiger partial charge in [0.2, 0.25) is 0 Å². The van der Waals surface area contributed by atoms with Crippen LogP contribution in [0, 0.1) is 0 Å². The van der Waals surface area contributed by atoms with Crippen LogP contribution < -0.4 is 0 Å². The second kappa shape index (κ2) is 3.52. The Morgan fingerprint density at radius 1 is 1.82 bits per heavy atom. The van der Waals surface area contributed by atoms with E-state index in [0.29, 0.717) is 0 Å². The Bertz CT molecular complexity index is 267. The first-order valence-electron chi connectivity index (χ1n) is 3.18. The fourth-order valence-electron chi connectivity index (χ4n) is 0.715. The molecule has 1 heterocycles. The van der Waals surface area contributed by atoms with E-state index in [-0.39, 0.29) is 0 Å². The molecule has 0 saturated heterocycles. The largest absolute Gasteiger partial charge is 0.383 e. The summed E-state index contributed by atoms with van der Waals surface area (Å²) in [5, 5.41) is 11.4. The Hall–Kier alpha value is -0.120. The van der Waals surface area contributed by atoms with Gasteiger partial charge in [0.1, 0.15) is 6.10 Å². The third kappa shape index (κ3) is 2.15. The zero-order chi connectivity index (χ0) is 8.43. The zero-order valence-corrected chi connectivity index (χ0v) is 8.58. The highest BCUT2D eigenvalue weighted by atomic mass is 79.9. The summed E-state index contributed by atoms with van der Waals surface area (Å²) >= 11 is 4.85. The van der Waals surface area contributed by atoms with Gasteiger partial charge in [0.05, 0.1) is 0 Å². The van der Waals surface area contributed by atoms with Gasteiger partial charge in [-0.2, -0.15) is 0 Å². The van der Waals surface area contributed by atoms with Crippen LogP contribution in [0.25, 0.3) is 0 Å². The minimum atomic E-state index is -0.508. The van der Waals surface area contributed by atoms with Crippen molar-refractivity contribution in [3.8, 4) is 0 Å². The molecule has 0 aromatic carbocycles. The van der Waals surface area contributed by atoms with E-state index in [4.69, 9.17) is 0 Å². The summed E-state index contributed by atoms with van der Waals surface area (Å²) in [6.45, 7) is 5.50. The van der Waals surface area contributed by atoms with Crippen LogP contribution in [0.5, 0.6) is 0 Å². The monoisotopic (exact) mass is 232 g/mol. The zero-order valence-electron chi connectivity index (χ0n) is 6.17. The van der Waals surface area contributed by atoms with Gasteiger partial charge in [-0.05, 0) is 34.5 Å². The SMILES string of the molecule is C=C(C)C(O)c1cc(Br)cs1. The van der Waals surface area contributed by atoms with E-state index in [1.54, 1.807) is 0 Å². The van der Waals surface area contributed by atoms with Crippen molar-refractivity contribution < 1.29 is 5.11 Å². The van der Waals surface area contributed by atoms with Gasteiger partial charge in [-0.25, -0.2) is 0 Å². The second-order valence-electron chi connectivity index (χ2n) is 2.42. The first kappa shape index (κ1) is 8.97. The van der Waals surface area contributed by atoms with Crippen molar-refractivity contribution in [2.45, 2.75) is 13.0 Å². The molecule has 0 aliphatic heterocycles. The molecule has 1 atom stereocenters. The first-order chi connectivity index (χ1) is 5.11. The number of hydrogen-bond donors (Lipinski definition) is 1. The molecule has 1 N–H and O–H groups in total. The van der Waals surface area contributed by atoms with E-state index >= 15 is 0 Å². The van der Waals surface area contributed by atoms with Gasteiger partial charge >= 0.3 is 0 Å². The normalized spacial score (nSPS) is 13.0. The van der Waals surface area contributed by atoms with Crippen molar-refractivity contribution in [3.63, 3.8) is 0 Å². The maximum absolute atomic E-state index is 9.50. The van der Waals surface area contributed by atoms with E-state index in [9.17, 15) is 5.11 Å². The van der Waals surface area contributed by atoms with Gasteiger partial charge in [-0.15, -0.1) is 11.3 Å². The summed E-state index contributed by atoms with van der Waals surface area (Å²) in [5.74, 6) is 0. The van der Waals surface area contributed by atoms with Gasteiger partial charge in [-0.3, -0.25) is 0 Å². The molecule has 1 nitrogen and oxygen atoms in total. The molecule has 1 aromatic heterocycles. The molecule has 0 fully saturated rings. The fraction of sp³-hybridized carbons (Fsp3) is 0.250. The third-order valence-corrected chi connectivity index (χ3v) is 3.07. The average molecular weight is 233 g/mol. The molecule has 3 heteroatoms. The molecular formula is C8H9BrOS. The highest BCUT2D eigenvalue weighted by molar-refractivity contribution is 9.10. The number of halogens is 1. The fourth-order valence-corrected chi connectivity index (χ4v) is 2.23. The van der Waals surface area contributed by atoms with E-state index in [0.717, 1.165) is 14.9 Å². The molecule has 11 heavy (non-hydrogen) atoms. The number of aliphatic hydroxyl groups excluding tert-OH is 1. The van der Waals surface area contributed by atoms with Crippen LogP contribution in [0.1, 0.15) is 17.9 Å². The topological polar surface area (TPSA) is 20.2 Å². The molecule has 0 aliphatic carbocycles. The van der Waals surface area contributed by atoms with Crippen LogP contribution in [-0.2, 0) is 0 Å². The average Bonchev–Trinajstić information content (AvgIpc) is 2.34. The van der Waals surface area contributed by atoms with Crippen molar-refractivity contribution >= 4 is 27.3 Å². The number of rotatable bonds is 2. The Balaban J connectivity index is 2.84. The molecule has 1 unspecified atom stereocenters. The summed E-state index contributed by atoms with van der Waals surface area (Å²) in [4.78, 5) is 0.935. The molecule has 0 spiro atoms. The van der Waals surface area contributed by atoms with E-state index in [2.05, 4.69) is 22.5 Å². The summed E-state index contributed by atoms with van der Waals surface area (Å²) in [6.07, 6.45) is -0.508. The van der Waals surface area contributed by atoms with Crippen molar-refractivity contribution in [1.82, 2.24) is 0 Å². The van der Waals surface area contributed by atoms with E-state index in [1.165, 1.54) is 11.3 Å². The standard InChI is InChI=1S/C8H9BrOS/c1-5(2)8(10)7-3-6(9)4-11-7/h3-4,8,10H,1H2,2H3. The molecular weight excluding hydrogens is 224 g/mol. The minimum absolute atomic E-state index is 0.508. The van der Waals surface area contributed by atoms with Gasteiger partial charge in [0, 0.05) is 14.7 Å². The lowest BCUT2D eigenvalue weighted by Gasteiger charge is -2.05. The molecule has 1 rings (SSSR count). The predicted molar refractivity (Wildman–Crippen MR) is 51.8 cm³/mol. The van der Waals surface area contributed by atoms with Crippen LogP contribution in [-0.4, -0.2) is 5.11 Å². The number of hydrogen-bond acceptors (Lipinski definition) is 2. The lowest BCUT2D eigenvalue weighted by atomic mass is 10.2. The van der Waals surface area contributed by atoms with Gasteiger partial charge in [0.15, 0.2) is 0 Å². The predicted octanol–water partition coefficient (Wildman–Crippen LogP) is 3.12. The third-order valence-electron chi connectivity index (χ3n) is 1.32. The van der Waals surface area contributed by atoms with Crippen LogP contribution in [0.2, 0.25) is 0 Å². The highest BCUT2D eigenvalue weighted by Crippen LogP contribution is 2.28. The quantitative estimate of drug-likeness (QED) is 0.778. The second-order valence-corrected chi connectivity index (χ2v) is 4.27. The van der Waals surface area contributed by atoms with Crippen LogP contribution in [0.3, 0.4) is 0 Å². The van der Waals surface area contributed by atoms with Gasteiger partial charge in [0.25, 0.3) is 0 Å². The van der Waals surface area contributed by atoms with Gasteiger partial charge in [-0.1, -0.05) is 6.58 Å². The number of aliphatic hydroxyl groups is 1. The Labute approximate surface area is 78.5 Å². The Morgan fingerprint density at radius 2 is 2.45 bits per heavy atom. The Morgan fingerprint density at radius 3 is 2.82 bits per heavy atom. The summed E-state index contributed by atoms with van der Waals surface area (Å²) in [5.41, 5.74) is 0.777. The van der Waals surface area contributed by atoms with Crippen molar-refractivity contribution in [3.05, 3.63) is 32.9 Å². The lowest BCUT2D eigenvalue weighted by molar-refractivity contribution is 0.220. The molecule has 0 radical (unpaired) electrons. The van der Waals surface area contributed by atoms with Crippen LogP contribution >= 0.6 is 27.3 Å². The van der Waals surface area contributed by atoms with Crippen LogP contribution in [0.15, 0.2) is 28.1 Å². The molecule has 0 bridgehead atoms. The minimum Gasteiger partial charge on any atom is -0.383 e. The summed E-state index contributed by atoms with van der Waals surface area (Å²) in [6, 6.07) is 1.91. The molecule has 1 aromatic rings. The Kier molecular flexibility index (Phi) is 2.87. The summed E-state index contributed by atoms with van der Waals surface area (Å²) < 4.78 is 1.01.